The van der Waals surface area contributed by atoms with Crippen LogP contribution in [0, 0.1) is 0 Å². The smallest absolute Gasteiger partial charge is 0.310 e. The summed E-state index contributed by atoms with van der Waals surface area (Å²) in [5, 5.41) is 15.4. The van der Waals surface area contributed by atoms with E-state index in [0.29, 0.717) is 5.76 Å². The quantitative estimate of drug-likeness (QED) is 0.441. The van der Waals surface area contributed by atoms with Crippen molar-refractivity contribution in [3.8, 4) is 0 Å². The zero-order valence-corrected chi connectivity index (χ0v) is 10.6. The Bertz CT molecular complexity index is 207. The molecule has 0 rings (SSSR count). The molecule has 0 amide bonds. The molecule has 0 aliphatic carbocycles. The van der Waals surface area contributed by atoms with E-state index in [4.69, 9.17) is 10.2 Å². The summed E-state index contributed by atoms with van der Waals surface area (Å²) in [6.45, 7) is 9.50. The van der Waals surface area contributed by atoms with E-state index in [1.807, 2.05) is 0 Å². The summed E-state index contributed by atoms with van der Waals surface area (Å²) >= 11 is 0. The predicted molar refractivity (Wildman–Crippen MR) is 62.3 cm³/mol. The minimum absolute atomic E-state index is 0.250. The van der Waals surface area contributed by atoms with E-state index < -0.39 is 5.97 Å². The van der Waals surface area contributed by atoms with Crippen LogP contribution in [0.1, 0.15) is 34.1 Å². The van der Waals surface area contributed by atoms with Crippen LogP contribution in [0.5, 0.6) is 0 Å². The third-order valence-electron chi connectivity index (χ3n) is 0.718. The summed E-state index contributed by atoms with van der Waals surface area (Å²) in [7, 11) is 0. The molecule has 0 spiro atoms. The molecular weight excluding hydrogens is 228 g/mol. The van der Waals surface area contributed by atoms with E-state index in [0.717, 1.165) is 0 Å². The lowest BCUT2D eigenvalue weighted by Gasteiger charge is -1.93. The second kappa shape index (κ2) is 14.3. The molecule has 0 unspecified atom stereocenters. The second-order valence-electron chi connectivity index (χ2n) is 2.88. The minimum atomic E-state index is -1.06. The Morgan fingerprint density at radius 1 is 1.18 bits per heavy atom. The number of carbonyl (C=O) groups is 3. The molecular formula is C11H20O6. The van der Waals surface area contributed by atoms with E-state index in [1.165, 1.54) is 13.8 Å². The van der Waals surface area contributed by atoms with Gasteiger partial charge in [0, 0.05) is 13.5 Å². The van der Waals surface area contributed by atoms with Crippen LogP contribution in [0.4, 0.5) is 0 Å². The van der Waals surface area contributed by atoms with Crippen LogP contribution in [0.3, 0.4) is 0 Å². The molecule has 0 aliphatic heterocycles. The number of ether oxygens (including phenoxy) is 1. The number of allylic oxidation sites excluding steroid dienone is 1. The van der Waals surface area contributed by atoms with Crippen LogP contribution >= 0.6 is 0 Å². The molecule has 0 aliphatic rings. The number of hydrogen-bond acceptors (Lipinski definition) is 5. The second-order valence-corrected chi connectivity index (χ2v) is 2.88. The maximum atomic E-state index is 9.97. The number of aliphatic hydroxyl groups is 1. The van der Waals surface area contributed by atoms with Gasteiger partial charge in [-0.15, -0.1) is 0 Å². The normalized spacial score (nSPS) is 7.59. The summed E-state index contributed by atoms with van der Waals surface area (Å²) in [6, 6.07) is 0. The molecule has 0 bridgehead atoms. The molecule has 100 valence electrons. The van der Waals surface area contributed by atoms with Crippen molar-refractivity contribution >= 4 is 17.7 Å². The fourth-order valence-corrected chi connectivity index (χ4v) is 0.458. The Kier molecular flexibility index (Phi) is 17.4. The number of carbonyl (C=O) groups excluding carboxylic acids is 2. The summed E-state index contributed by atoms with van der Waals surface area (Å²) < 4.78 is 4.42. The van der Waals surface area contributed by atoms with Gasteiger partial charge in [-0.2, -0.15) is 0 Å². The molecule has 0 saturated heterocycles. The zero-order valence-electron chi connectivity index (χ0n) is 10.6. The molecule has 0 radical (unpaired) electrons. The molecule has 2 N–H and O–H groups in total. The number of aliphatic carboxylic acids is 1. The van der Waals surface area contributed by atoms with Crippen LogP contribution in [-0.4, -0.2) is 34.5 Å². The summed E-state index contributed by atoms with van der Waals surface area (Å²) in [6.07, 6.45) is -0.361. The molecule has 0 heterocycles. The van der Waals surface area contributed by atoms with E-state index >= 15 is 0 Å². The van der Waals surface area contributed by atoms with Gasteiger partial charge >= 0.3 is 11.9 Å². The molecule has 17 heavy (non-hydrogen) atoms. The first-order valence-electron chi connectivity index (χ1n) is 4.83. The lowest BCUT2D eigenvalue weighted by Crippen LogP contribution is -2.00. The van der Waals surface area contributed by atoms with Crippen molar-refractivity contribution < 1.29 is 29.3 Å². The molecule has 0 fully saturated rings. The van der Waals surface area contributed by atoms with Gasteiger partial charge in [0.2, 0.25) is 0 Å². The monoisotopic (exact) mass is 248 g/mol. The average molecular weight is 248 g/mol. The average Bonchev–Trinajstić information content (AvgIpc) is 1.99. The number of rotatable bonds is 3. The summed E-state index contributed by atoms with van der Waals surface area (Å²) in [4.78, 5) is 29.4. The molecule has 0 aromatic carbocycles. The molecule has 0 aromatic heterocycles. The van der Waals surface area contributed by atoms with Crippen molar-refractivity contribution in [3.05, 3.63) is 12.3 Å². The van der Waals surface area contributed by atoms with Crippen LogP contribution in [-0.2, 0) is 19.1 Å². The lowest BCUT2D eigenvalue weighted by molar-refractivity contribution is -0.140. The highest BCUT2D eigenvalue weighted by Crippen LogP contribution is 1.87. The van der Waals surface area contributed by atoms with Crippen molar-refractivity contribution in [2.45, 2.75) is 34.1 Å². The van der Waals surface area contributed by atoms with Gasteiger partial charge in [0.15, 0.2) is 0 Å². The molecule has 0 atom stereocenters. The predicted octanol–water partition coefficient (Wildman–Crippen LogP) is 1.13. The number of carboxylic acids is 1. The largest absolute Gasteiger partial charge is 0.481 e. The fourth-order valence-electron chi connectivity index (χ4n) is 0.458. The van der Waals surface area contributed by atoms with Crippen LogP contribution < -0.4 is 0 Å². The third kappa shape index (κ3) is 54.5. The molecule has 0 saturated carbocycles. The van der Waals surface area contributed by atoms with Gasteiger partial charge < -0.3 is 14.9 Å². The number of Topliss-reactive ketones (excluding diaryl/α,β-unsaturated/α-hetero) is 1. The number of aliphatic hydroxyl groups excluding tert-OH is 1. The van der Waals surface area contributed by atoms with E-state index in [1.54, 1.807) is 13.8 Å². The standard InChI is InChI=1S/C5H8O2.C4H6O3.C2H6O/c1-4(2)7-5(3)6;1-3(5)2-4(6)7;1-2-3/h1H2,2-3H3;2H2,1H3,(H,6,7);3H,2H2,1H3. The Balaban J connectivity index is -0.000000188. The van der Waals surface area contributed by atoms with Gasteiger partial charge in [0.25, 0.3) is 0 Å². The van der Waals surface area contributed by atoms with Crippen molar-refractivity contribution in [1.29, 1.82) is 0 Å². The number of ketones is 1. The number of carboxylic acid groups (broad SMARTS) is 1. The van der Waals surface area contributed by atoms with Crippen molar-refractivity contribution in [2.75, 3.05) is 6.61 Å². The van der Waals surface area contributed by atoms with Gasteiger partial charge in [-0.1, -0.05) is 6.58 Å². The Labute approximate surface area is 101 Å². The third-order valence-corrected chi connectivity index (χ3v) is 0.718. The van der Waals surface area contributed by atoms with Gasteiger partial charge in [-0.05, 0) is 20.8 Å². The van der Waals surface area contributed by atoms with Gasteiger partial charge in [0.05, 0.1) is 5.76 Å². The first-order chi connectivity index (χ1) is 7.67. The first kappa shape index (κ1) is 20.7. The van der Waals surface area contributed by atoms with Crippen molar-refractivity contribution in [1.82, 2.24) is 0 Å². The van der Waals surface area contributed by atoms with Crippen molar-refractivity contribution in [3.63, 3.8) is 0 Å². The van der Waals surface area contributed by atoms with Gasteiger partial charge in [-0.3, -0.25) is 14.4 Å². The number of hydrogen-bond donors (Lipinski definition) is 2. The Morgan fingerprint density at radius 3 is 1.53 bits per heavy atom. The topological polar surface area (TPSA) is 101 Å². The minimum Gasteiger partial charge on any atom is -0.481 e. The zero-order chi connectivity index (χ0) is 14.4. The van der Waals surface area contributed by atoms with E-state index in [2.05, 4.69) is 11.3 Å². The highest BCUT2D eigenvalue weighted by Gasteiger charge is 1.98. The maximum absolute atomic E-state index is 9.97. The van der Waals surface area contributed by atoms with Gasteiger partial charge in [0.1, 0.15) is 12.2 Å². The Hall–Kier alpha value is -1.69. The van der Waals surface area contributed by atoms with Crippen LogP contribution in [0.2, 0.25) is 0 Å². The van der Waals surface area contributed by atoms with E-state index in [9.17, 15) is 14.4 Å². The SMILES string of the molecule is C=C(C)OC(C)=O.CC(=O)CC(=O)O.CCO. The Morgan fingerprint density at radius 2 is 1.53 bits per heavy atom. The molecule has 6 nitrogen and oxygen atoms in total. The maximum Gasteiger partial charge on any atom is 0.310 e. The van der Waals surface area contributed by atoms with Crippen LogP contribution in [0.25, 0.3) is 0 Å². The van der Waals surface area contributed by atoms with Crippen LogP contribution in [0.15, 0.2) is 12.3 Å². The number of esters is 1. The molecule has 6 heteroatoms. The highest BCUT2D eigenvalue weighted by molar-refractivity contribution is 5.93. The summed E-state index contributed by atoms with van der Waals surface area (Å²) in [5.41, 5.74) is 0. The highest BCUT2D eigenvalue weighted by atomic mass is 16.5. The molecule has 0 aromatic rings. The van der Waals surface area contributed by atoms with Gasteiger partial charge in [-0.25, -0.2) is 0 Å². The lowest BCUT2D eigenvalue weighted by atomic mass is 10.3. The fraction of sp³-hybridized carbons (Fsp3) is 0.545. The van der Waals surface area contributed by atoms with Crippen molar-refractivity contribution in [2.24, 2.45) is 0 Å². The van der Waals surface area contributed by atoms with E-state index in [-0.39, 0.29) is 24.8 Å². The first-order valence-corrected chi connectivity index (χ1v) is 4.83. The summed E-state index contributed by atoms with van der Waals surface area (Å²) in [5.74, 6) is -1.25.